The molecule has 3 N–H and O–H groups in total. The number of nitrogens with zero attached hydrogens (tertiary/aromatic N) is 1. The number of carbonyl (C=O) groups excluding carboxylic acids is 2. The van der Waals surface area contributed by atoms with Gasteiger partial charge in [-0.2, -0.15) is 0 Å². The van der Waals surface area contributed by atoms with Crippen molar-refractivity contribution < 1.29 is 14.7 Å². The lowest BCUT2D eigenvalue weighted by Gasteiger charge is -2.26. The maximum Gasteiger partial charge on any atom is 0.250 e. The maximum atomic E-state index is 12.4. The normalized spacial score (nSPS) is 14.3. The first-order valence-corrected chi connectivity index (χ1v) is 9.13. The highest BCUT2D eigenvalue weighted by atomic mass is 32.1. The lowest BCUT2D eigenvalue weighted by molar-refractivity contribution is -0.137. The van der Waals surface area contributed by atoms with Gasteiger partial charge in [-0.25, -0.2) is 4.98 Å². The number of hydrogen-bond acceptors (Lipinski definition) is 5. The first kappa shape index (κ1) is 20.6. The fraction of sp³-hybridized carbons (Fsp3) is 0.706. The van der Waals surface area contributed by atoms with Crippen LogP contribution in [0.3, 0.4) is 0 Å². The van der Waals surface area contributed by atoms with E-state index in [1.807, 2.05) is 6.92 Å². The second kappa shape index (κ2) is 8.58. The number of hydrogen-bond donors (Lipinski definition) is 3. The minimum atomic E-state index is -1.17. The molecule has 2 amide bonds. The zero-order chi connectivity index (χ0) is 18.5. The molecule has 7 heteroatoms. The average molecular weight is 356 g/mol. The van der Waals surface area contributed by atoms with Gasteiger partial charge in [0.05, 0.1) is 0 Å². The molecule has 0 bridgehead atoms. The van der Waals surface area contributed by atoms with Crippen LogP contribution in [0.1, 0.15) is 65.2 Å². The van der Waals surface area contributed by atoms with Crippen LogP contribution < -0.4 is 10.6 Å². The molecule has 1 heterocycles. The number of rotatable bonds is 7. The Labute approximate surface area is 148 Å². The minimum absolute atomic E-state index is 0.309. The molecule has 136 valence electrons. The molecule has 0 unspecified atom stereocenters. The zero-order valence-electron chi connectivity index (χ0n) is 15.3. The van der Waals surface area contributed by atoms with Gasteiger partial charge >= 0.3 is 0 Å². The number of amides is 2. The summed E-state index contributed by atoms with van der Waals surface area (Å²) in [4.78, 5) is 29.9. The molecule has 0 radical (unpaired) electrons. The van der Waals surface area contributed by atoms with E-state index in [0.717, 1.165) is 11.3 Å². The van der Waals surface area contributed by atoms with Crippen LogP contribution in [-0.4, -0.2) is 34.1 Å². The van der Waals surface area contributed by atoms with Crippen molar-refractivity contribution in [2.45, 2.75) is 72.4 Å². The van der Waals surface area contributed by atoms with E-state index in [4.69, 9.17) is 0 Å². The van der Waals surface area contributed by atoms with Crippen LogP contribution in [-0.2, 0) is 9.59 Å². The van der Waals surface area contributed by atoms with Gasteiger partial charge in [-0.15, -0.1) is 11.3 Å². The summed E-state index contributed by atoms with van der Waals surface area (Å²) in [6, 6.07) is -0.689. The molecule has 0 aromatic carbocycles. The first-order valence-electron chi connectivity index (χ1n) is 8.31. The van der Waals surface area contributed by atoms with Gasteiger partial charge in [0.25, 0.3) is 0 Å². The van der Waals surface area contributed by atoms with Crippen LogP contribution in [0.25, 0.3) is 0 Å². The molecule has 0 spiro atoms. The average Bonchev–Trinajstić information content (AvgIpc) is 2.93. The number of anilines is 1. The molecule has 2 atom stereocenters. The summed E-state index contributed by atoms with van der Waals surface area (Å²) in [7, 11) is 0. The first-order chi connectivity index (χ1) is 11.1. The van der Waals surface area contributed by atoms with Gasteiger partial charge in [0.1, 0.15) is 12.1 Å². The van der Waals surface area contributed by atoms with Crippen LogP contribution in [0.4, 0.5) is 5.13 Å². The van der Waals surface area contributed by atoms with Crippen molar-refractivity contribution >= 4 is 28.3 Å². The fourth-order valence-corrected chi connectivity index (χ4v) is 2.83. The summed E-state index contributed by atoms with van der Waals surface area (Å²) >= 11 is 1.43. The Morgan fingerprint density at radius 1 is 1.29 bits per heavy atom. The molecular weight excluding hydrogens is 326 g/mol. The topological polar surface area (TPSA) is 91.3 Å². The van der Waals surface area contributed by atoms with Crippen LogP contribution in [0.15, 0.2) is 6.20 Å². The van der Waals surface area contributed by atoms with Gasteiger partial charge in [0, 0.05) is 11.1 Å². The Morgan fingerprint density at radius 2 is 1.92 bits per heavy atom. The number of aromatic nitrogens is 1. The van der Waals surface area contributed by atoms with Crippen LogP contribution >= 0.6 is 11.3 Å². The predicted molar refractivity (Wildman–Crippen MR) is 97.1 cm³/mol. The Balaban J connectivity index is 2.75. The van der Waals surface area contributed by atoms with E-state index in [1.54, 1.807) is 27.0 Å². The molecule has 0 aliphatic carbocycles. The lowest BCUT2D eigenvalue weighted by Crippen LogP contribution is -2.50. The van der Waals surface area contributed by atoms with E-state index in [2.05, 4.69) is 29.5 Å². The monoisotopic (exact) mass is 355 g/mol. The number of thiazole rings is 1. The third-order valence-electron chi connectivity index (χ3n) is 3.60. The van der Waals surface area contributed by atoms with E-state index < -0.39 is 23.5 Å². The molecule has 1 aromatic rings. The molecule has 0 aliphatic rings. The molecule has 1 aromatic heterocycles. The van der Waals surface area contributed by atoms with Gasteiger partial charge < -0.3 is 15.7 Å². The van der Waals surface area contributed by atoms with Gasteiger partial charge in [-0.05, 0) is 17.8 Å². The largest absolute Gasteiger partial charge is 0.383 e. The Hall–Kier alpha value is -1.47. The molecule has 0 fully saturated rings. The van der Waals surface area contributed by atoms with E-state index in [0.29, 0.717) is 17.5 Å². The molecule has 0 saturated carbocycles. The van der Waals surface area contributed by atoms with Gasteiger partial charge in [-0.3, -0.25) is 9.59 Å². The molecule has 1 rings (SSSR count). The lowest BCUT2D eigenvalue weighted by atomic mass is 9.88. The summed E-state index contributed by atoms with van der Waals surface area (Å²) in [6.45, 7) is 11.4. The number of aliphatic hydroxyl groups is 1. The standard InChI is InChI=1S/C17H29N3O3S/c1-7-8-11(19-15(23)13(21)17(4,5)6)14(22)20-16-18-9-12(24-16)10(2)3/h9-11,13,21H,7-8H2,1-6H3,(H,19,23)(H,18,20,22)/t11-,13+/m0/s1. The summed E-state index contributed by atoms with van der Waals surface area (Å²) in [5, 5.41) is 16.0. The number of aliphatic hydroxyl groups excluding tert-OH is 1. The second-order valence-electron chi connectivity index (χ2n) is 7.33. The van der Waals surface area contributed by atoms with Gasteiger partial charge in [-0.1, -0.05) is 48.0 Å². The summed E-state index contributed by atoms with van der Waals surface area (Å²) in [6.07, 6.45) is 1.81. The Bertz CT molecular complexity index is 564. The van der Waals surface area contributed by atoms with E-state index >= 15 is 0 Å². The van der Waals surface area contributed by atoms with Crippen molar-refractivity contribution in [1.29, 1.82) is 0 Å². The second-order valence-corrected chi connectivity index (χ2v) is 8.39. The Morgan fingerprint density at radius 3 is 2.38 bits per heavy atom. The SMILES string of the molecule is CCC[C@H](NC(=O)[C@@H](O)C(C)(C)C)C(=O)Nc1ncc(C(C)C)s1. The molecule has 0 saturated heterocycles. The quantitative estimate of drug-likeness (QED) is 0.701. The third-order valence-corrected chi connectivity index (χ3v) is 4.82. The van der Waals surface area contributed by atoms with Crippen LogP contribution in [0, 0.1) is 5.41 Å². The summed E-state index contributed by atoms with van der Waals surface area (Å²) in [5.41, 5.74) is -0.585. The van der Waals surface area contributed by atoms with E-state index in [9.17, 15) is 14.7 Å². The maximum absolute atomic E-state index is 12.4. The number of carbonyl (C=O) groups is 2. The fourth-order valence-electron chi connectivity index (χ4n) is 2.01. The van der Waals surface area contributed by atoms with E-state index in [-0.39, 0.29) is 5.91 Å². The van der Waals surface area contributed by atoms with Crippen molar-refractivity contribution in [3.05, 3.63) is 11.1 Å². The summed E-state index contributed by atoms with van der Waals surface area (Å²) in [5.74, 6) is -0.490. The van der Waals surface area contributed by atoms with Gasteiger partial charge in [0.15, 0.2) is 5.13 Å². The molecule has 0 aliphatic heterocycles. The Kier molecular flexibility index (Phi) is 7.35. The number of nitrogens with one attached hydrogen (secondary N) is 2. The molecule has 24 heavy (non-hydrogen) atoms. The molecule has 6 nitrogen and oxygen atoms in total. The van der Waals surface area contributed by atoms with Crippen molar-refractivity contribution in [3.63, 3.8) is 0 Å². The molecular formula is C17H29N3O3S. The predicted octanol–water partition coefficient (Wildman–Crippen LogP) is 2.90. The minimum Gasteiger partial charge on any atom is -0.383 e. The smallest absolute Gasteiger partial charge is 0.250 e. The van der Waals surface area contributed by atoms with Crippen molar-refractivity contribution in [3.8, 4) is 0 Å². The van der Waals surface area contributed by atoms with Crippen molar-refractivity contribution in [2.75, 3.05) is 5.32 Å². The van der Waals surface area contributed by atoms with Gasteiger partial charge in [0.2, 0.25) is 11.8 Å². The van der Waals surface area contributed by atoms with E-state index in [1.165, 1.54) is 11.3 Å². The highest BCUT2D eigenvalue weighted by Gasteiger charge is 2.31. The highest BCUT2D eigenvalue weighted by Crippen LogP contribution is 2.25. The van der Waals surface area contributed by atoms with Crippen LogP contribution in [0.2, 0.25) is 0 Å². The highest BCUT2D eigenvalue weighted by molar-refractivity contribution is 7.15. The third kappa shape index (κ3) is 5.87. The van der Waals surface area contributed by atoms with Crippen LogP contribution in [0.5, 0.6) is 0 Å². The van der Waals surface area contributed by atoms with Crippen molar-refractivity contribution in [1.82, 2.24) is 10.3 Å². The summed E-state index contributed by atoms with van der Waals surface area (Å²) < 4.78 is 0. The zero-order valence-corrected chi connectivity index (χ0v) is 16.2. The van der Waals surface area contributed by atoms with Crippen molar-refractivity contribution in [2.24, 2.45) is 5.41 Å².